The number of hydrogen-bond acceptors (Lipinski definition) is 8. The normalized spacial score (nSPS) is 25.5. The van der Waals surface area contributed by atoms with E-state index in [1.165, 1.54) is 0 Å². The molecule has 28 heavy (non-hydrogen) atoms. The van der Waals surface area contributed by atoms with E-state index in [2.05, 4.69) is 36.5 Å². The van der Waals surface area contributed by atoms with Gasteiger partial charge in [-0.3, -0.25) is 9.69 Å². The third-order valence-electron chi connectivity index (χ3n) is 5.96. The number of hydrogen-bond donors (Lipinski definition) is 0. The van der Waals surface area contributed by atoms with Gasteiger partial charge in [0.25, 0.3) is 11.9 Å². The number of likely N-dealkylation sites (tertiary alicyclic amines) is 1. The van der Waals surface area contributed by atoms with Gasteiger partial charge in [-0.1, -0.05) is 0 Å². The average Bonchev–Trinajstić information content (AvgIpc) is 3.38. The first-order valence-electron chi connectivity index (χ1n) is 9.81. The van der Waals surface area contributed by atoms with Crippen LogP contribution in [-0.2, 0) is 17.7 Å². The zero-order chi connectivity index (χ0) is 19.3. The number of amides is 1. The van der Waals surface area contributed by atoms with Gasteiger partial charge in [-0.05, 0) is 12.2 Å². The summed E-state index contributed by atoms with van der Waals surface area (Å²) >= 11 is 0. The van der Waals surface area contributed by atoms with E-state index in [-0.39, 0.29) is 18.1 Å². The van der Waals surface area contributed by atoms with E-state index in [1.807, 2.05) is 11.1 Å². The lowest BCUT2D eigenvalue weighted by Crippen LogP contribution is -2.48. The lowest BCUT2D eigenvalue weighted by atomic mass is 10.1. The van der Waals surface area contributed by atoms with Crippen LogP contribution in [0.15, 0.2) is 10.7 Å². The number of carbonyl (C=O) groups is 1. The summed E-state index contributed by atoms with van der Waals surface area (Å²) < 4.78 is 13.0. The summed E-state index contributed by atoms with van der Waals surface area (Å²) in [7, 11) is 2.10. The van der Waals surface area contributed by atoms with Crippen molar-refractivity contribution in [1.29, 1.82) is 0 Å². The lowest BCUT2D eigenvalue weighted by Gasteiger charge is -2.33. The van der Waals surface area contributed by atoms with Crippen molar-refractivity contribution in [1.82, 2.24) is 29.5 Å². The van der Waals surface area contributed by atoms with Crippen LogP contribution < -0.4 is 4.90 Å². The van der Waals surface area contributed by atoms with Crippen molar-refractivity contribution in [2.45, 2.75) is 32.0 Å². The fourth-order valence-electron chi connectivity index (χ4n) is 4.33. The quantitative estimate of drug-likeness (QED) is 0.699. The minimum atomic E-state index is -0.00220. The molecule has 3 aliphatic rings. The maximum Gasteiger partial charge on any atom is 0.274 e. The molecular weight excluding hydrogens is 362 g/mol. The van der Waals surface area contributed by atoms with E-state index >= 15 is 0 Å². The lowest BCUT2D eigenvalue weighted by molar-refractivity contribution is -0.0368. The molecule has 10 nitrogen and oxygen atoms in total. The SMILES string of the molecule is Cc1nc(N2CCc3nc(C(=O)N4C[C@@H]5OCCN(C)[C@H]5C4)cn3CC2)no1. The monoisotopic (exact) mass is 387 g/mol. The second-order valence-corrected chi connectivity index (χ2v) is 7.75. The minimum Gasteiger partial charge on any atom is -0.373 e. The molecule has 2 fully saturated rings. The highest BCUT2D eigenvalue weighted by Gasteiger charge is 2.41. The van der Waals surface area contributed by atoms with Gasteiger partial charge in [-0.25, -0.2) is 4.98 Å². The predicted molar refractivity (Wildman–Crippen MR) is 99.2 cm³/mol. The number of likely N-dealkylation sites (N-methyl/N-ethyl adjacent to an activating group) is 1. The molecular formula is C18H25N7O3. The average molecular weight is 387 g/mol. The number of rotatable bonds is 2. The Morgan fingerprint density at radius 1 is 1.18 bits per heavy atom. The van der Waals surface area contributed by atoms with Gasteiger partial charge in [0.05, 0.1) is 18.8 Å². The Kier molecular flexibility index (Phi) is 4.31. The fourth-order valence-corrected chi connectivity index (χ4v) is 4.33. The number of aryl methyl sites for hydroxylation is 1. The summed E-state index contributed by atoms with van der Waals surface area (Å²) in [5.41, 5.74) is 0.528. The third kappa shape index (κ3) is 3.06. The first-order valence-corrected chi connectivity index (χ1v) is 9.81. The van der Waals surface area contributed by atoms with Crippen LogP contribution in [0.1, 0.15) is 22.2 Å². The summed E-state index contributed by atoms with van der Waals surface area (Å²) in [6.45, 7) is 7.01. The third-order valence-corrected chi connectivity index (χ3v) is 5.96. The van der Waals surface area contributed by atoms with Crippen LogP contribution in [0.5, 0.6) is 0 Å². The predicted octanol–water partition coefficient (Wildman–Crippen LogP) is -0.208. The number of imidazole rings is 1. The summed E-state index contributed by atoms with van der Waals surface area (Å²) in [6.07, 6.45) is 2.72. The Morgan fingerprint density at radius 2 is 2.07 bits per heavy atom. The number of carbonyl (C=O) groups excluding carboxylic acids is 1. The standard InChI is InChI=1S/C18H25N7O3/c1-12-19-18(21-28-12)23-4-3-16-20-13(9-24(16)6-5-23)17(26)25-10-14-15(11-25)27-8-7-22(14)2/h9,14-15H,3-8,10-11H2,1-2H3/t14-,15-/m0/s1. The highest BCUT2D eigenvalue weighted by Crippen LogP contribution is 2.23. The Morgan fingerprint density at radius 3 is 2.86 bits per heavy atom. The van der Waals surface area contributed by atoms with Gasteiger partial charge in [-0.2, -0.15) is 4.98 Å². The van der Waals surface area contributed by atoms with Gasteiger partial charge < -0.3 is 23.6 Å². The number of morpholine rings is 1. The molecule has 5 rings (SSSR count). The molecule has 0 unspecified atom stereocenters. The van der Waals surface area contributed by atoms with Crippen molar-refractivity contribution >= 4 is 11.9 Å². The van der Waals surface area contributed by atoms with E-state index in [0.717, 1.165) is 45.0 Å². The second-order valence-electron chi connectivity index (χ2n) is 7.75. The Bertz CT molecular complexity index is 853. The van der Waals surface area contributed by atoms with Crippen LogP contribution in [0.25, 0.3) is 0 Å². The molecule has 0 aromatic carbocycles. The van der Waals surface area contributed by atoms with Crippen LogP contribution in [-0.4, -0.2) is 93.9 Å². The maximum absolute atomic E-state index is 13.0. The van der Waals surface area contributed by atoms with Crippen molar-refractivity contribution in [2.75, 3.05) is 51.3 Å². The van der Waals surface area contributed by atoms with E-state index < -0.39 is 0 Å². The molecule has 150 valence electrons. The molecule has 2 aromatic rings. The topological polar surface area (TPSA) is 92.8 Å². The van der Waals surface area contributed by atoms with Crippen molar-refractivity contribution in [3.63, 3.8) is 0 Å². The number of anilines is 1. The van der Waals surface area contributed by atoms with Crippen LogP contribution in [0.2, 0.25) is 0 Å². The molecule has 0 aliphatic carbocycles. The minimum absolute atomic E-state index is 0.00220. The van der Waals surface area contributed by atoms with Crippen LogP contribution in [0.3, 0.4) is 0 Å². The molecule has 0 bridgehead atoms. The largest absolute Gasteiger partial charge is 0.373 e. The Labute approximate surface area is 163 Å². The molecule has 0 saturated carbocycles. The van der Waals surface area contributed by atoms with Gasteiger partial charge >= 0.3 is 0 Å². The number of fused-ring (bicyclic) bond motifs is 2. The number of nitrogens with zero attached hydrogens (tertiary/aromatic N) is 7. The zero-order valence-corrected chi connectivity index (χ0v) is 16.2. The summed E-state index contributed by atoms with van der Waals surface area (Å²) in [5, 5.41) is 4.00. The van der Waals surface area contributed by atoms with E-state index in [0.29, 0.717) is 30.6 Å². The second kappa shape index (κ2) is 6.85. The van der Waals surface area contributed by atoms with Gasteiger partial charge in [0, 0.05) is 58.8 Å². The zero-order valence-electron chi connectivity index (χ0n) is 16.2. The molecule has 1 amide bonds. The van der Waals surface area contributed by atoms with Crippen molar-refractivity contribution in [3.05, 3.63) is 23.6 Å². The maximum atomic E-state index is 13.0. The van der Waals surface area contributed by atoms with Crippen LogP contribution >= 0.6 is 0 Å². The first kappa shape index (κ1) is 17.6. The molecule has 0 N–H and O–H groups in total. The smallest absolute Gasteiger partial charge is 0.274 e. The van der Waals surface area contributed by atoms with Crippen LogP contribution in [0.4, 0.5) is 5.95 Å². The molecule has 3 aliphatic heterocycles. The number of ether oxygens (including phenoxy) is 1. The highest BCUT2D eigenvalue weighted by molar-refractivity contribution is 5.92. The Hall–Kier alpha value is -2.46. The van der Waals surface area contributed by atoms with Gasteiger partial charge in [0.1, 0.15) is 11.5 Å². The van der Waals surface area contributed by atoms with Gasteiger partial charge in [0.15, 0.2) is 0 Å². The number of aromatic nitrogens is 4. The fraction of sp³-hybridized carbons (Fsp3) is 0.667. The van der Waals surface area contributed by atoms with E-state index in [9.17, 15) is 4.79 Å². The van der Waals surface area contributed by atoms with Crippen LogP contribution in [0, 0.1) is 6.92 Å². The van der Waals surface area contributed by atoms with Crippen molar-refractivity contribution in [2.24, 2.45) is 0 Å². The molecule has 2 atom stereocenters. The van der Waals surface area contributed by atoms with Gasteiger partial charge in [0.2, 0.25) is 5.89 Å². The summed E-state index contributed by atoms with van der Waals surface area (Å²) in [4.78, 5) is 28.2. The highest BCUT2D eigenvalue weighted by atomic mass is 16.5. The molecule has 2 saturated heterocycles. The summed E-state index contributed by atoms with van der Waals surface area (Å²) in [5.74, 6) is 2.10. The Balaban J connectivity index is 1.27. The van der Waals surface area contributed by atoms with E-state index in [1.54, 1.807) is 6.92 Å². The van der Waals surface area contributed by atoms with Crippen molar-refractivity contribution in [3.8, 4) is 0 Å². The van der Waals surface area contributed by atoms with E-state index in [4.69, 9.17) is 9.26 Å². The van der Waals surface area contributed by atoms with Crippen molar-refractivity contribution < 1.29 is 14.1 Å². The molecule has 2 aromatic heterocycles. The molecule has 10 heteroatoms. The first-order chi connectivity index (χ1) is 13.6. The summed E-state index contributed by atoms with van der Waals surface area (Å²) in [6, 6.07) is 0.283. The van der Waals surface area contributed by atoms with Gasteiger partial charge in [-0.15, -0.1) is 0 Å². The molecule has 5 heterocycles. The molecule has 0 radical (unpaired) electrons. The molecule has 0 spiro atoms.